The number of hydrogen-bond acceptors (Lipinski definition) is 3. The van der Waals surface area contributed by atoms with E-state index in [1.54, 1.807) is 0 Å². The molecule has 0 amide bonds. The second kappa shape index (κ2) is 7.32. The van der Waals surface area contributed by atoms with Gasteiger partial charge in [0.1, 0.15) is 6.61 Å². The van der Waals surface area contributed by atoms with Gasteiger partial charge in [-0.3, -0.25) is 4.90 Å². The fourth-order valence-electron chi connectivity index (χ4n) is 1.68. The third-order valence-electron chi connectivity index (χ3n) is 2.36. The Balaban J connectivity index is 0.00000225. The van der Waals surface area contributed by atoms with Crippen molar-refractivity contribution in [1.29, 1.82) is 0 Å². The Morgan fingerprint density at radius 1 is 1.38 bits per heavy atom. The molecule has 1 unspecified atom stereocenters. The lowest BCUT2D eigenvalue weighted by molar-refractivity contribution is -0.174. The van der Waals surface area contributed by atoms with Crippen LogP contribution >= 0.6 is 12.4 Å². The van der Waals surface area contributed by atoms with Gasteiger partial charge in [-0.05, 0) is 19.4 Å². The van der Waals surface area contributed by atoms with Crippen molar-refractivity contribution >= 4 is 12.4 Å². The Hall–Kier alpha value is -0.0400. The molecular formula is C9H18ClF3N2O. The molecule has 1 rings (SSSR count). The van der Waals surface area contributed by atoms with E-state index in [9.17, 15) is 13.2 Å². The van der Waals surface area contributed by atoms with E-state index < -0.39 is 12.8 Å². The first-order valence-electron chi connectivity index (χ1n) is 5.10. The van der Waals surface area contributed by atoms with Gasteiger partial charge < -0.3 is 10.5 Å². The van der Waals surface area contributed by atoms with Crippen LogP contribution in [0, 0.1) is 0 Å². The van der Waals surface area contributed by atoms with Gasteiger partial charge in [0.25, 0.3) is 0 Å². The first-order chi connectivity index (χ1) is 6.97. The van der Waals surface area contributed by atoms with Gasteiger partial charge in [0, 0.05) is 19.1 Å². The molecule has 0 aromatic rings. The van der Waals surface area contributed by atoms with Gasteiger partial charge in [-0.15, -0.1) is 12.4 Å². The predicted molar refractivity (Wildman–Crippen MR) is 57.8 cm³/mol. The van der Waals surface area contributed by atoms with Crippen molar-refractivity contribution in [2.45, 2.75) is 25.1 Å². The lowest BCUT2D eigenvalue weighted by Crippen LogP contribution is -2.44. The van der Waals surface area contributed by atoms with Crippen LogP contribution in [0.2, 0.25) is 0 Å². The summed E-state index contributed by atoms with van der Waals surface area (Å²) in [4.78, 5) is 2.05. The Morgan fingerprint density at radius 2 is 2.06 bits per heavy atom. The molecule has 1 aliphatic heterocycles. The van der Waals surface area contributed by atoms with Gasteiger partial charge in [0.15, 0.2) is 0 Å². The lowest BCUT2D eigenvalue weighted by Gasteiger charge is -2.30. The second-order valence-corrected chi connectivity index (χ2v) is 3.87. The summed E-state index contributed by atoms with van der Waals surface area (Å²) in [6.07, 6.45) is -2.21. The van der Waals surface area contributed by atoms with Crippen LogP contribution in [0.5, 0.6) is 0 Å². The molecule has 1 saturated heterocycles. The number of rotatable bonds is 4. The minimum absolute atomic E-state index is 0. The average molecular weight is 263 g/mol. The van der Waals surface area contributed by atoms with Crippen LogP contribution in [0.1, 0.15) is 12.8 Å². The van der Waals surface area contributed by atoms with E-state index in [4.69, 9.17) is 5.73 Å². The highest BCUT2D eigenvalue weighted by atomic mass is 35.5. The summed E-state index contributed by atoms with van der Waals surface area (Å²) in [5, 5.41) is 0. The maximum absolute atomic E-state index is 11.7. The molecule has 0 saturated carbocycles. The standard InChI is InChI=1S/C9H17F3N2O.ClH/c10-9(11,12)7-15-5-4-14-3-1-2-8(13)6-14;/h8H,1-7,13H2;1H. The van der Waals surface area contributed by atoms with E-state index in [0.29, 0.717) is 6.54 Å². The van der Waals surface area contributed by atoms with Crippen LogP contribution in [0.3, 0.4) is 0 Å². The Morgan fingerprint density at radius 3 is 2.62 bits per heavy atom. The molecule has 1 heterocycles. The number of piperidine rings is 1. The van der Waals surface area contributed by atoms with Crippen molar-refractivity contribution in [3.63, 3.8) is 0 Å². The smallest absolute Gasteiger partial charge is 0.371 e. The van der Waals surface area contributed by atoms with E-state index in [2.05, 4.69) is 4.74 Å². The third kappa shape index (κ3) is 7.27. The van der Waals surface area contributed by atoms with Crippen LogP contribution in [0.4, 0.5) is 13.2 Å². The predicted octanol–water partition coefficient (Wildman–Crippen LogP) is 1.41. The van der Waals surface area contributed by atoms with Gasteiger partial charge in [-0.25, -0.2) is 0 Å². The molecule has 0 aliphatic carbocycles. The van der Waals surface area contributed by atoms with Crippen molar-refractivity contribution in [3.05, 3.63) is 0 Å². The second-order valence-electron chi connectivity index (χ2n) is 3.87. The maximum Gasteiger partial charge on any atom is 0.411 e. The van der Waals surface area contributed by atoms with Crippen molar-refractivity contribution in [2.24, 2.45) is 5.73 Å². The molecular weight excluding hydrogens is 245 g/mol. The van der Waals surface area contributed by atoms with Crippen LogP contribution in [0.15, 0.2) is 0 Å². The number of alkyl halides is 3. The first kappa shape index (κ1) is 16.0. The van der Waals surface area contributed by atoms with E-state index >= 15 is 0 Å². The van der Waals surface area contributed by atoms with Gasteiger partial charge >= 0.3 is 6.18 Å². The fourth-order valence-corrected chi connectivity index (χ4v) is 1.68. The molecule has 2 N–H and O–H groups in total. The summed E-state index contributed by atoms with van der Waals surface area (Å²) in [5.74, 6) is 0. The van der Waals surface area contributed by atoms with Gasteiger partial charge in [-0.1, -0.05) is 0 Å². The summed E-state index contributed by atoms with van der Waals surface area (Å²) in [7, 11) is 0. The highest BCUT2D eigenvalue weighted by molar-refractivity contribution is 5.85. The summed E-state index contributed by atoms with van der Waals surface area (Å²) >= 11 is 0. The van der Waals surface area contributed by atoms with E-state index in [0.717, 1.165) is 25.9 Å². The molecule has 0 aromatic carbocycles. The SMILES string of the molecule is Cl.NC1CCCN(CCOCC(F)(F)F)C1. The molecule has 1 atom stereocenters. The molecule has 1 fully saturated rings. The minimum Gasteiger partial charge on any atom is -0.371 e. The lowest BCUT2D eigenvalue weighted by atomic mass is 10.1. The number of likely N-dealkylation sites (tertiary alicyclic amines) is 1. The Kier molecular flexibility index (Phi) is 7.30. The van der Waals surface area contributed by atoms with E-state index in [1.807, 2.05) is 4.90 Å². The highest BCUT2D eigenvalue weighted by Gasteiger charge is 2.27. The van der Waals surface area contributed by atoms with Crippen molar-refractivity contribution in [2.75, 3.05) is 32.8 Å². The summed E-state index contributed by atoms with van der Waals surface area (Å²) < 4.78 is 39.7. The Bertz CT molecular complexity index is 192. The van der Waals surface area contributed by atoms with E-state index in [1.165, 1.54) is 0 Å². The zero-order chi connectivity index (χ0) is 11.3. The zero-order valence-corrected chi connectivity index (χ0v) is 9.82. The van der Waals surface area contributed by atoms with Crippen LogP contribution in [-0.2, 0) is 4.74 Å². The van der Waals surface area contributed by atoms with Crippen molar-refractivity contribution in [3.8, 4) is 0 Å². The molecule has 0 spiro atoms. The number of nitrogens with two attached hydrogens (primary N) is 1. The van der Waals surface area contributed by atoms with Crippen LogP contribution in [0.25, 0.3) is 0 Å². The maximum atomic E-state index is 11.7. The Labute approximate surface area is 99.5 Å². The fraction of sp³-hybridized carbons (Fsp3) is 1.00. The van der Waals surface area contributed by atoms with Crippen LogP contribution < -0.4 is 5.73 Å². The largest absolute Gasteiger partial charge is 0.411 e. The number of ether oxygens (including phenoxy) is 1. The van der Waals surface area contributed by atoms with Crippen LogP contribution in [-0.4, -0.2) is 50.0 Å². The van der Waals surface area contributed by atoms with E-state index in [-0.39, 0.29) is 25.1 Å². The average Bonchev–Trinajstić information content (AvgIpc) is 2.11. The zero-order valence-electron chi connectivity index (χ0n) is 9.00. The molecule has 3 nitrogen and oxygen atoms in total. The molecule has 7 heteroatoms. The third-order valence-corrected chi connectivity index (χ3v) is 2.36. The number of halogens is 4. The monoisotopic (exact) mass is 262 g/mol. The molecule has 98 valence electrons. The van der Waals surface area contributed by atoms with Gasteiger partial charge in [0.2, 0.25) is 0 Å². The number of nitrogens with zero attached hydrogens (tertiary/aromatic N) is 1. The normalized spacial score (nSPS) is 22.9. The number of hydrogen-bond donors (Lipinski definition) is 1. The van der Waals surface area contributed by atoms with Crippen molar-refractivity contribution in [1.82, 2.24) is 4.90 Å². The molecule has 0 aromatic heterocycles. The first-order valence-corrected chi connectivity index (χ1v) is 5.10. The summed E-state index contributed by atoms with van der Waals surface area (Å²) in [6.45, 7) is 1.15. The summed E-state index contributed by atoms with van der Waals surface area (Å²) in [6, 6.07) is 0.154. The summed E-state index contributed by atoms with van der Waals surface area (Å²) in [5.41, 5.74) is 5.74. The van der Waals surface area contributed by atoms with Gasteiger partial charge in [-0.2, -0.15) is 13.2 Å². The highest BCUT2D eigenvalue weighted by Crippen LogP contribution is 2.14. The molecule has 0 radical (unpaired) electrons. The molecule has 0 bridgehead atoms. The van der Waals surface area contributed by atoms with Crippen molar-refractivity contribution < 1.29 is 17.9 Å². The van der Waals surface area contributed by atoms with Gasteiger partial charge in [0.05, 0.1) is 6.61 Å². The molecule has 1 aliphatic rings. The topological polar surface area (TPSA) is 38.5 Å². The minimum atomic E-state index is -4.22. The quantitative estimate of drug-likeness (QED) is 0.779. The molecule has 16 heavy (non-hydrogen) atoms.